The fourth-order valence-corrected chi connectivity index (χ4v) is 2.08. The Labute approximate surface area is 136 Å². The summed E-state index contributed by atoms with van der Waals surface area (Å²) in [7, 11) is 0. The third-order valence-electron chi connectivity index (χ3n) is 3.41. The Hall–Kier alpha value is -2.24. The molecule has 0 aliphatic carbocycles. The van der Waals surface area contributed by atoms with Gasteiger partial charge in [-0.3, -0.25) is 9.59 Å². The maximum Gasteiger partial charge on any atom is 0.306 e. The van der Waals surface area contributed by atoms with Crippen LogP contribution in [0.1, 0.15) is 33.6 Å². The van der Waals surface area contributed by atoms with Crippen molar-refractivity contribution in [3.8, 4) is 11.5 Å². The zero-order chi connectivity index (χ0) is 16.8. The van der Waals surface area contributed by atoms with E-state index in [1.54, 1.807) is 25.1 Å². The third kappa shape index (κ3) is 5.16. The molecule has 1 unspecified atom stereocenters. The average Bonchev–Trinajstić information content (AvgIpc) is 2.52. The van der Waals surface area contributed by atoms with E-state index in [0.29, 0.717) is 42.7 Å². The molecule has 0 aromatic heterocycles. The molecule has 0 radical (unpaired) electrons. The second-order valence-corrected chi connectivity index (χ2v) is 5.91. The van der Waals surface area contributed by atoms with Gasteiger partial charge >= 0.3 is 5.97 Å². The monoisotopic (exact) mass is 321 g/mol. The number of esters is 1. The molecule has 126 valence electrons. The zero-order valence-corrected chi connectivity index (χ0v) is 13.8. The van der Waals surface area contributed by atoms with Crippen molar-refractivity contribution in [2.24, 2.45) is 5.92 Å². The van der Waals surface area contributed by atoms with Gasteiger partial charge in [0.15, 0.2) is 17.6 Å². The maximum atomic E-state index is 12.1. The number of ether oxygens (including phenoxy) is 3. The highest BCUT2D eigenvalue weighted by Crippen LogP contribution is 2.32. The maximum absolute atomic E-state index is 12.1. The van der Waals surface area contributed by atoms with E-state index in [1.807, 2.05) is 13.8 Å². The van der Waals surface area contributed by atoms with Crippen molar-refractivity contribution in [1.29, 1.82) is 0 Å². The molecule has 1 heterocycles. The quantitative estimate of drug-likeness (QED) is 0.816. The second kappa shape index (κ2) is 7.85. The van der Waals surface area contributed by atoms with E-state index in [4.69, 9.17) is 14.2 Å². The Morgan fingerprint density at radius 1 is 1.17 bits per heavy atom. The summed E-state index contributed by atoms with van der Waals surface area (Å²) in [5.74, 6) is 0.936. The van der Waals surface area contributed by atoms with Gasteiger partial charge in [-0.05, 0) is 31.4 Å². The third-order valence-corrected chi connectivity index (χ3v) is 3.41. The Bertz CT molecular complexity index is 570. The van der Waals surface area contributed by atoms with Gasteiger partial charge in [0.25, 0.3) is 5.91 Å². The molecule has 1 atom stereocenters. The van der Waals surface area contributed by atoms with Gasteiger partial charge in [0, 0.05) is 18.2 Å². The number of benzene rings is 1. The second-order valence-electron chi connectivity index (χ2n) is 5.91. The molecule has 0 saturated heterocycles. The molecule has 0 spiro atoms. The van der Waals surface area contributed by atoms with E-state index < -0.39 is 6.10 Å². The fraction of sp³-hybridized carbons (Fsp3) is 0.529. The first-order valence-electron chi connectivity index (χ1n) is 7.85. The van der Waals surface area contributed by atoms with Gasteiger partial charge in [-0.2, -0.15) is 0 Å². The van der Waals surface area contributed by atoms with Gasteiger partial charge in [0.1, 0.15) is 13.2 Å². The summed E-state index contributed by atoms with van der Waals surface area (Å²) < 4.78 is 16.0. The summed E-state index contributed by atoms with van der Waals surface area (Å²) in [4.78, 5) is 23.8. The first-order chi connectivity index (χ1) is 11.0. The molecule has 1 aromatic rings. The lowest BCUT2D eigenvalue weighted by molar-refractivity contribution is -0.153. The smallest absolute Gasteiger partial charge is 0.306 e. The molecule has 0 bridgehead atoms. The Kier molecular flexibility index (Phi) is 5.84. The minimum Gasteiger partial charge on any atom is -0.486 e. The molecule has 1 aliphatic heterocycles. The number of anilines is 1. The Morgan fingerprint density at radius 2 is 1.87 bits per heavy atom. The highest BCUT2D eigenvalue weighted by atomic mass is 16.6. The molecular formula is C17H23NO5. The molecular weight excluding hydrogens is 298 g/mol. The summed E-state index contributed by atoms with van der Waals surface area (Å²) in [6.07, 6.45) is 0.220. The van der Waals surface area contributed by atoms with Crippen molar-refractivity contribution < 1.29 is 23.8 Å². The van der Waals surface area contributed by atoms with Crippen molar-refractivity contribution in [1.82, 2.24) is 0 Å². The van der Waals surface area contributed by atoms with Crippen LogP contribution in [0.5, 0.6) is 11.5 Å². The predicted octanol–water partition coefficient (Wildman–Crippen LogP) is 2.76. The summed E-state index contributed by atoms with van der Waals surface area (Å²) >= 11 is 0. The van der Waals surface area contributed by atoms with Crippen LogP contribution < -0.4 is 14.8 Å². The summed E-state index contributed by atoms with van der Waals surface area (Å²) in [6.45, 7) is 6.62. The number of carbonyl (C=O) groups is 2. The largest absolute Gasteiger partial charge is 0.486 e. The molecule has 1 aromatic carbocycles. The molecule has 1 aliphatic rings. The first-order valence-corrected chi connectivity index (χ1v) is 7.85. The molecule has 0 saturated carbocycles. The van der Waals surface area contributed by atoms with Crippen LogP contribution in [0.3, 0.4) is 0 Å². The number of hydrogen-bond acceptors (Lipinski definition) is 5. The van der Waals surface area contributed by atoms with Gasteiger partial charge in [-0.25, -0.2) is 0 Å². The van der Waals surface area contributed by atoms with Crippen molar-refractivity contribution >= 4 is 17.6 Å². The fourth-order valence-electron chi connectivity index (χ4n) is 2.08. The lowest BCUT2D eigenvalue weighted by Crippen LogP contribution is -2.30. The number of amides is 1. The van der Waals surface area contributed by atoms with Crippen LogP contribution in [0.2, 0.25) is 0 Å². The van der Waals surface area contributed by atoms with Crippen LogP contribution >= 0.6 is 0 Å². The lowest BCUT2D eigenvalue weighted by Gasteiger charge is -2.19. The molecule has 6 heteroatoms. The van der Waals surface area contributed by atoms with E-state index in [-0.39, 0.29) is 11.9 Å². The van der Waals surface area contributed by atoms with Crippen LogP contribution in [0, 0.1) is 5.92 Å². The van der Waals surface area contributed by atoms with Crippen LogP contribution in [-0.4, -0.2) is 31.2 Å². The van der Waals surface area contributed by atoms with Crippen molar-refractivity contribution in [3.05, 3.63) is 18.2 Å². The van der Waals surface area contributed by atoms with Gasteiger partial charge in [0.2, 0.25) is 0 Å². The van der Waals surface area contributed by atoms with Crippen molar-refractivity contribution in [2.45, 2.75) is 39.7 Å². The zero-order valence-electron chi connectivity index (χ0n) is 13.8. The van der Waals surface area contributed by atoms with E-state index in [1.165, 1.54) is 0 Å². The minimum absolute atomic E-state index is 0.319. The highest BCUT2D eigenvalue weighted by Gasteiger charge is 2.19. The topological polar surface area (TPSA) is 73.9 Å². The lowest BCUT2D eigenvalue weighted by atomic mass is 10.1. The summed E-state index contributed by atoms with van der Waals surface area (Å²) in [5, 5.41) is 2.71. The summed E-state index contributed by atoms with van der Waals surface area (Å²) in [5.41, 5.74) is 0.573. The number of fused-ring (bicyclic) bond motifs is 1. The average molecular weight is 321 g/mol. The number of rotatable bonds is 6. The van der Waals surface area contributed by atoms with Crippen LogP contribution in [-0.2, 0) is 14.3 Å². The SMILES string of the molecule is CC(C)CCC(=O)OC(C)C(=O)Nc1ccc2c(c1)OCCO2. The molecule has 6 nitrogen and oxygen atoms in total. The Morgan fingerprint density at radius 3 is 2.57 bits per heavy atom. The van der Waals surface area contributed by atoms with E-state index in [9.17, 15) is 9.59 Å². The molecule has 0 fully saturated rings. The standard InChI is InChI=1S/C17H23NO5/c1-11(2)4-7-16(19)23-12(3)17(20)18-13-5-6-14-15(10-13)22-9-8-21-14/h5-6,10-12H,4,7-9H2,1-3H3,(H,18,20). The molecule has 1 amide bonds. The molecule has 1 N–H and O–H groups in total. The number of carbonyl (C=O) groups excluding carboxylic acids is 2. The van der Waals surface area contributed by atoms with Gasteiger partial charge < -0.3 is 19.5 Å². The van der Waals surface area contributed by atoms with Crippen LogP contribution in [0.4, 0.5) is 5.69 Å². The van der Waals surface area contributed by atoms with Crippen molar-refractivity contribution in [3.63, 3.8) is 0 Å². The van der Waals surface area contributed by atoms with Crippen molar-refractivity contribution in [2.75, 3.05) is 18.5 Å². The Balaban J connectivity index is 1.87. The van der Waals surface area contributed by atoms with Gasteiger partial charge in [0.05, 0.1) is 0 Å². The van der Waals surface area contributed by atoms with Gasteiger partial charge in [-0.15, -0.1) is 0 Å². The summed E-state index contributed by atoms with van der Waals surface area (Å²) in [6, 6.07) is 5.15. The molecule has 2 rings (SSSR count). The van der Waals surface area contributed by atoms with E-state index in [0.717, 1.165) is 6.42 Å². The van der Waals surface area contributed by atoms with Crippen LogP contribution in [0.25, 0.3) is 0 Å². The molecule has 23 heavy (non-hydrogen) atoms. The van der Waals surface area contributed by atoms with E-state index in [2.05, 4.69) is 5.32 Å². The number of nitrogens with one attached hydrogen (secondary N) is 1. The minimum atomic E-state index is -0.845. The first kappa shape index (κ1) is 17.1. The predicted molar refractivity (Wildman–Crippen MR) is 85.7 cm³/mol. The van der Waals surface area contributed by atoms with Crippen LogP contribution in [0.15, 0.2) is 18.2 Å². The normalized spacial score (nSPS) is 14.3. The highest BCUT2D eigenvalue weighted by molar-refractivity contribution is 5.95. The van der Waals surface area contributed by atoms with Gasteiger partial charge in [-0.1, -0.05) is 13.8 Å². The van der Waals surface area contributed by atoms with E-state index >= 15 is 0 Å². The number of hydrogen-bond donors (Lipinski definition) is 1.